The molecule has 4 aromatic rings. The highest BCUT2D eigenvalue weighted by Crippen LogP contribution is 2.35. The lowest BCUT2D eigenvalue weighted by Gasteiger charge is -2.25. The van der Waals surface area contributed by atoms with Crippen LogP contribution in [0.1, 0.15) is 18.9 Å². The number of ether oxygens (including phenoxy) is 3. The summed E-state index contributed by atoms with van der Waals surface area (Å²) in [7, 11) is 0. The zero-order valence-electron chi connectivity index (χ0n) is 20.5. The van der Waals surface area contributed by atoms with Gasteiger partial charge in [-0.05, 0) is 40.8 Å². The molecular formula is C29H29ClN2O5. The molecule has 2 aliphatic heterocycles. The zero-order valence-corrected chi connectivity index (χ0v) is 21.2. The third-order valence-electron chi connectivity index (χ3n) is 7.54. The number of hydrogen-bond acceptors (Lipinski definition) is 6. The van der Waals surface area contributed by atoms with E-state index in [1.165, 1.54) is 0 Å². The number of rotatable bonds is 7. The molecule has 0 aliphatic carbocycles. The minimum Gasteiger partial charge on any atom is -0.456 e. The lowest BCUT2D eigenvalue weighted by Crippen LogP contribution is -2.32. The van der Waals surface area contributed by atoms with E-state index in [0.29, 0.717) is 24.2 Å². The highest BCUT2D eigenvalue weighted by atomic mass is 35.5. The molecule has 0 amide bonds. The lowest BCUT2D eigenvalue weighted by atomic mass is 9.83. The van der Waals surface area contributed by atoms with Gasteiger partial charge in [0, 0.05) is 17.6 Å². The number of fused-ring (bicyclic) bond motifs is 2. The zero-order chi connectivity index (χ0) is 25.6. The van der Waals surface area contributed by atoms with Gasteiger partial charge < -0.3 is 29.4 Å². The quantitative estimate of drug-likeness (QED) is 0.326. The molecule has 2 saturated heterocycles. The van der Waals surface area contributed by atoms with Crippen LogP contribution in [0.5, 0.6) is 6.01 Å². The van der Waals surface area contributed by atoms with Crippen molar-refractivity contribution in [3.05, 3.63) is 71.2 Å². The summed E-state index contributed by atoms with van der Waals surface area (Å²) < 4.78 is 17.6. The second kappa shape index (κ2) is 9.74. The van der Waals surface area contributed by atoms with Gasteiger partial charge in [-0.25, -0.2) is 0 Å². The molecule has 192 valence electrons. The SMILES string of the molecule is CC(CO)(CO)c1ccc(-c2ccc(-c3cc4nc(OC5COC6CCOC65)[nH]c4cc3Cl)cc2)cc1. The van der Waals surface area contributed by atoms with E-state index in [1.54, 1.807) is 0 Å². The monoisotopic (exact) mass is 520 g/mol. The van der Waals surface area contributed by atoms with Crippen LogP contribution in [0, 0.1) is 0 Å². The predicted octanol–water partition coefficient (Wildman–Crippen LogP) is 4.73. The third-order valence-corrected chi connectivity index (χ3v) is 7.85. The minimum atomic E-state index is -0.660. The third kappa shape index (κ3) is 4.51. The van der Waals surface area contributed by atoms with Crippen molar-refractivity contribution in [2.75, 3.05) is 26.4 Å². The maximum atomic E-state index is 9.66. The number of benzene rings is 3. The fourth-order valence-corrected chi connectivity index (χ4v) is 5.37. The maximum absolute atomic E-state index is 9.66. The van der Waals surface area contributed by atoms with Crippen molar-refractivity contribution in [1.29, 1.82) is 0 Å². The normalized spacial score (nSPS) is 21.5. The van der Waals surface area contributed by atoms with Gasteiger partial charge in [-0.1, -0.05) is 67.1 Å². The van der Waals surface area contributed by atoms with Gasteiger partial charge in [0.2, 0.25) is 0 Å². The molecule has 3 aromatic carbocycles. The van der Waals surface area contributed by atoms with Crippen LogP contribution < -0.4 is 4.74 Å². The maximum Gasteiger partial charge on any atom is 0.295 e. The Morgan fingerprint density at radius 3 is 2.38 bits per heavy atom. The van der Waals surface area contributed by atoms with Crippen LogP contribution in [0.3, 0.4) is 0 Å². The van der Waals surface area contributed by atoms with Gasteiger partial charge in [-0.3, -0.25) is 0 Å². The molecule has 37 heavy (non-hydrogen) atoms. The van der Waals surface area contributed by atoms with E-state index in [-0.39, 0.29) is 31.5 Å². The van der Waals surface area contributed by atoms with Gasteiger partial charge in [0.25, 0.3) is 6.01 Å². The van der Waals surface area contributed by atoms with Crippen molar-refractivity contribution in [1.82, 2.24) is 9.97 Å². The van der Waals surface area contributed by atoms with Crippen LogP contribution in [0.4, 0.5) is 0 Å². The first-order valence-electron chi connectivity index (χ1n) is 12.5. The molecule has 3 unspecified atom stereocenters. The molecule has 3 heterocycles. The van der Waals surface area contributed by atoms with Crippen LogP contribution in [0.2, 0.25) is 5.02 Å². The van der Waals surface area contributed by atoms with E-state index in [2.05, 4.69) is 22.1 Å². The van der Waals surface area contributed by atoms with Crippen LogP contribution in [0.25, 0.3) is 33.3 Å². The number of nitrogens with zero attached hydrogens (tertiary/aromatic N) is 1. The number of aromatic nitrogens is 2. The summed E-state index contributed by atoms with van der Waals surface area (Å²) in [5.41, 5.74) is 5.80. The number of hydrogen-bond donors (Lipinski definition) is 3. The molecule has 2 aliphatic rings. The highest BCUT2D eigenvalue weighted by molar-refractivity contribution is 6.34. The smallest absolute Gasteiger partial charge is 0.295 e. The number of aromatic amines is 1. The molecule has 3 N–H and O–H groups in total. The van der Waals surface area contributed by atoms with Crippen LogP contribution in [0.15, 0.2) is 60.7 Å². The standard InChI is InChI=1S/C29H29ClN2O5/c1-29(15-33,16-34)20-8-6-18(7-9-20)17-2-4-19(5-3-17)21-12-23-24(13-22(21)30)32-28(31-23)37-26-14-36-25-10-11-35-27(25)26/h2-9,12-13,25-27,33-34H,10-11,14-16H2,1H3,(H,31,32). The van der Waals surface area contributed by atoms with Crippen LogP contribution in [-0.4, -0.2) is 64.9 Å². The fraction of sp³-hybridized carbons (Fsp3) is 0.345. The van der Waals surface area contributed by atoms with E-state index in [9.17, 15) is 10.2 Å². The molecule has 8 heteroatoms. The Kier molecular flexibility index (Phi) is 6.42. The number of aliphatic hydroxyl groups is 2. The molecule has 1 aromatic heterocycles. The number of aliphatic hydroxyl groups excluding tert-OH is 2. The Hall–Kier alpha value is -2.94. The average molecular weight is 521 g/mol. The van der Waals surface area contributed by atoms with Crippen molar-refractivity contribution in [2.45, 2.75) is 37.1 Å². The van der Waals surface area contributed by atoms with E-state index in [1.807, 2.05) is 55.5 Å². The summed E-state index contributed by atoms with van der Waals surface area (Å²) >= 11 is 6.67. The number of nitrogens with one attached hydrogen (secondary N) is 1. The molecule has 2 fully saturated rings. The number of imidazole rings is 1. The summed E-state index contributed by atoms with van der Waals surface area (Å²) in [6.07, 6.45) is 0.792. The van der Waals surface area contributed by atoms with Gasteiger partial charge in [0.15, 0.2) is 6.10 Å². The molecule has 0 spiro atoms. The topological polar surface area (TPSA) is 96.8 Å². The molecule has 0 radical (unpaired) electrons. The Morgan fingerprint density at radius 1 is 1.00 bits per heavy atom. The Labute approximate surface area is 220 Å². The molecule has 3 atom stereocenters. The van der Waals surface area contributed by atoms with Gasteiger partial charge in [0.05, 0.1) is 42.0 Å². The largest absolute Gasteiger partial charge is 0.456 e. The van der Waals surface area contributed by atoms with Crippen molar-refractivity contribution < 1.29 is 24.4 Å². The van der Waals surface area contributed by atoms with Crippen LogP contribution >= 0.6 is 11.6 Å². The Balaban J connectivity index is 1.22. The van der Waals surface area contributed by atoms with E-state index in [0.717, 1.165) is 45.3 Å². The Morgan fingerprint density at radius 2 is 1.68 bits per heavy atom. The van der Waals surface area contributed by atoms with Gasteiger partial charge in [-0.2, -0.15) is 4.98 Å². The highest BCUT2D eigenvalue weighted by Gasteiger charge is 2.43. The summed E-state index contributed by atoms with van der Waals surface area (Å²) in [6, 6.07) is 20.4. The Bertz CT molecular complexity index is 1400. The summed E-state index contributed by atoms with van der Waals surface area (Å²) in [5.74, 6) is 0. The van der Waals surface area contributed by atoms with Crippen molar-refractivity contribution in [3.8, 4) is 28.3 Å². The second-order valence-corrected chi connectivity index (χ2v) is 10.5. The van der Waals surface area contributed by atoms with E-state index in [4.69, 9.17) is 25.8 Å². The van der Waals surface area contributed by atoms with Crippen molar-refractivity contribution >= 4 is 22.6 Å². The molecule has 0 bridgehead atoms. The number of halogens is 1. The van der Waals surface area contributed by atoms with Crippen molar-refractivity contribution in [3.63, 3.8) is 0 Å². The first-order valence-corrected chi connectivity index (χ1v) is 12.9. The first kappa shape index (κ1) is 24.4. The summed E-state index contributed by atoms with van der Waals surface area (Å²) in [4.78, 5) is 7.86. The summed E-state index contributed by atoms with van der Waals surface area (Å²) in [6.45, 7) is 2.81. The van der Waals surface area contributed by atoms with E-state index >= 15 is 0 Å². The van der Waals surface area contributed by atoms with E-state index < -0.39 is 5.41 Å². The molecule has 0 saturated carbocycles. The van der Waals surface area contributed by atoms with Gasteiger partial charge in [0.1, 0.15) is 6.10 Å². The van der Waals surface area contributed by atoms with Gasteiger partial charge in [-0.15, -0.1) is 0 Å². The lowest BCUT2D eigenvalue weighted by molar-refractivity contribution is 0.0273. The van der Waals surface area contributed by atoms with Gasteiger partial charge >= 0.3 is 0 Å². The predicted molar refractivity (Wildman–Crippen MR) is 142 cm³/mol. The minimum absolute atomic E-state index is 0.0454. The summed E-state index contributed by atoms with van der Waals surface area (Å²) in [5, 5.41) is 19.9. The van der Waals surface area contributed by atoms with Crippen LogP contribution in [-0.2, 0) is 14.9 Å². The van der Waals surface area contributed by atoms with Crippen molar-refractivity contribution in [2.24, 2.45) is 0 Å². The number of H-pyrrole nitrogens is 1. The molecule has 6 rings (SSSR count). The fourth-order valence-electron chi connectivity index (χ4n) is 5.10. The average Bonchev–Trinajstić information content (AvgIpc) is 3.65. The first-order chi connectivity index (χ1) is 18.0. The molecule has 7 nitrogen and oxygen atoms in total. The second-order valence-electron chi connectivity index (χ2n) is 10.1. The molecular weight excluding hydrogens is 492 g/mol.